The van der Waals surface area contributed by atoms with E-state index in [1.165, 1.54) is 0 Å². The maximum Gasteiger partial charge on any atom is 0.204 e. The van der Waals surface area contributed by atoms with Crippen LogP contribution in [0, 0.1) is 5.82 Å². The normalized spacial score (nSPS) is 19.2. The summed E-state index contributed by atoms with van der Waals surface area (Å²) < 4.78 is 41.0. The standard InChI is InChI=1S/C19H19BrFN3O2S/c1-23-6-8-24(9-7-23)18-11-16-19(10-15(18)21)27(25,26)12-17(22-16)13-2-4-14(20)5-3-13/h2-5,10-12,22H,6-9H2,1H3. The van der Waals surface area contributed by atoms with Gasteiger partial charge in [-0.1, -0.05) is 28.1 Å². The zero-order valence-corrected chi connectivity index (χ0v) is 17.1. The Labute approximate surface area is 166 Å². The van der Waals surface area contributed by atoms with Crippen molar-refractivity contribution in [1.82, 2.24) is 4.90 Å². The van der Waals surface area contributed by atoms with Crippen LogP contribution in [0.5, 0.6) is 0 Å². The quantitative estimate of drug-likeness (QED) is 0.756. The van der Waals surface area contributed by atoms with Crippen LogP contribution >= 0.6 is 15.9 Å². The monoisotopic (exact) mass is 451 g/mol. The Bertz CT molecular complexity index is 1010. The summed E-state index contributed by atoms with van der Waals surface area (Å²) in [6.45, 7) is 3.08. The number of benzene rings is 2. The zero-order valence-electron chi connectivity index (χ0n) is 14.7. The summed E-state index contributed by atoms with van der Waals surface area (Å²) in [7, 11) is -1.70. The van der Waals surface area contributed by atoms with Crippen molar-refractivity contribution in [1.29, 1.82) is 0 Å². The number of likely N-dealkylation sites (N-methyl/N-ethyl adjacent to an activating group) is 1. The first-order valence-electron chi connectivity index (χ1n) is 8.60. The molecule has 1 saturated heterocycles. The number of hydrogen-bond donors (Lipinski definition) is 1. The highest BCUT2D eigenvalue weighted by molar-refractivity contribution is 9.10. The Morgan fingerprint density at radius 1 is 1.07 bits per heavy atom. The van der Waals surface area contributed by atoms with Crippen molar-refractivity contribution in [3.05, 3.63) is 57.7 Å². The molecule has 0 amide bonds. The third-order valence-corrected chi connectivity index (χ3v) is 6.92. The molecule has 0 aliphatic carbocycles. The van der Waals surface area contributed by atoms with Crippen LogP contribution in [0.25, 0.3) is 5.70 Å². The van der Waals surface area contributed by atoms with Gasteiger partial charge in [0.05, 0.1) is 27.4 Å². The second kappa shape index (κ2) is 6.92. The van der Waals surface area contributed by atoms with Gasteiger partial charge in [0, 0.05) is 30.7 Å². The molecule has 27 heavy (non-hydrogen) atoms. The van der Waals surface area contributed by atoms with Gasteiger partial charge in [-0.15, -0.1) is 0 Å². The molecular formula is C19H19BrFN3O2S. The van der Waals surface area contributed by atoms with E-state index in [2.05, 4.69) is 26.1 Å². The topological polar surface area (TPSA) is 52.7 Å². The molecule has 0 saturated carbocycles. The van der Waals surface area contributed by atoms with Gasteiger partial charge in [-0.3, -0.25) is 0 Å². The Balaban J connectivity index is 1.73. The van der Waals surface area contributed by atoms with E-state index in [1.54, 1.807) is 6.07 Å². The van der Waals surface area contributed by atoms with Gasteiger partial charge >= 0.3 is 0 Å². The van der Waals surface area contributed by atoms with Crippen molar-refractivity contribution in [3.63, 3.8) is 0 Å². The summed E-state index contributed by atoms with van der Waals surface area (Å²) in [5.74, 6) is -0.510. The molecule has 1 N–H and O–H groups in total. The largest absolute Gasteiger partial charge is 0.367 e. The number of hydrogen-bond acceptors (Lipinski definition) is 5. The lowest BCUT2D eigenvalue weighted by Gasteiger charge is -2.34. The van der Waals surface area contributed by atoms with E-state index in [0.717, 1.165) is 34.6 Å². The van der Waals surface area contributed by atoms with Crippen LogP contribution in [0.15, 0.2) is 51.2 Å². The van der Waals surface area contributed by atoms with Gasteiger partial charge < -0.3 is 15.1 Å². The van der Waals surface area contributed by atoms with Crippen molar-refractivity contribution in [2.75, 3.05) is 43.4 Å². The summed E-state index contributed by atoms with van der Waals surface area (Å²) in [6.07, 6.45) is 0. The SMILES string of the molecule is CN1CCN(c2cc3c(cc2F)S(=O)(=O)C=C(c2ccc(Br)cc2)N3)CC1. The number of anilines is 2. The predicted molar refractivity (Wildman–Crippen MR) is 109 cm³/mol. The van der Waals surface area contributed by atoms with E-state index in [0.29, 0.717) is 30.2 Å². The van der Waals surface area contributed by atoms with Crippen LogP contribution in [0.2, 0.25) is 0 Å². The molecule has 4 rings (SSSR count). The van der Waals surface area contributed by atoms with Crippen molar-refractivity contribution in [3.8, 4) is 0 Å². The van der Waals surface area contributed by atoms with Gasteiger partial charge in [0.2, 0.25) is 9.84 Å². The minimum Gasteiger partial charge on any atom is -0.367 e. The van der Waals surface area contributed by atoms with Crippen LogP contribution in [0.1, 0.15) is 5.56 Å². The fourth-order valence-corrected chi connectivity index (χ4v) is 4.91. The van der Waals surface area contributed by atoms with Crippen molar-refractivity contribution in [2.24, 2.45) is 0 Å². The summed E-state index contributed by atoms with van der Waals surface area (Å²) in [4.78, 5) is 4.12. The molecule has 2 aliphatic rings. The molecule has 0 unspecified atom stereocenters. The van der Waals surface area contributed by atoms with Gasteiger partial charge in [0.15, 0.2) is 0 Å². The summed E-state index contributed by atoms with van der Waals surface area (Å²) in [6, 6.07) is 10.1. The Morgan fingerprint density at radius 2 is 1.74 bits per heavy atom. The molecule has 0 spiro atoms. The van der Waals surface area contributed by atoms with E-state index >= 15 is 0 Å². The lowest BCUT2D eigenvalue weighted by atomic mass is 10.1. The Morgan fingerprint density at radius 3 is 2.41 bits per heavy atom. The smallest absolute Gasteiger partial charge is 0.204 e. The van der Waals surface area contributed by atoms with Gasteiger partial charge in [0.1, 0.15) is 5.82 Å². The lowest BCUT2D eigenvalue weighted by molar-refractivity contribution is 0.311. The van der Waals surface area contributed by atoms with E-state index in [1.807, 2.05) is 36.2 Å². The number of fused-ring (bicyclic) bond motifs is 1. The molecule has 1 fully saturated rings. The van der Waals surface area contributed by atoms with Gasteiger partial charge in [-0.25, -0.2) is 12.8 Å². The highest BCUT2D eigenvalue weighted by atomic mass is 79.9. The molecule has 5 nitrogen and oxygen atoms in total. The number of halogens is 2. The van der Waals surface area contributed by atoms with Crippen LogP contribution in [-0.2, 0) is 9.84 Å². The van der Waals surface area contributed by atoms with Gasteiger partial charge in [-0.05, 0) is 36.9 Å². The number of nitrogens with one attached hydrogen (secondary N) is 1. The van der Waals surface area contributed by atoms with Crippen LogP contribution in [-0.4, -0.2) is 46.5 Å². The van der Waals surface area contributed by atoms with Crippen LogP contribution in [0.4, 0.5) is 15.8 Å². The van der Waals surface area contributed by atoms with E-state index < -0.39 is 15.7 Å². The number of sulfone groups is 1. The first kappa shape index (κ1) is 18.5. The van der Waals surface area contributed by atoms with Crippen LogP contribution in [0.3, 0.4) is 0 Å². The molecule has 0 bridgehead atoms. The van der Waals surface area contributed by atoms with E-state index in [-0.39, 0.29) is 4.90 Å². The molecule has 2 aromatic rings. The molecule has 8 heteroatoms. The Hall–Kier alpha value is -1.90. The van der Waals surface area contributed by atoms with Crippen molar-refractivity contribution in [2.45, 2.75) is 4.90 Å². The van der Waals surface area contributed by atoms with Crippen LogP contribution < -0.4 is 10.2 Å². The lowest BCUT2D eigenvalue weighted by Crippen LogP contribution is -2.44. The number of piperazine rings is 1. The second-order valence-electron chi connectivity index (χ2n) is 6.80. The molecular weight excluding hydrogens is 433 g/mol. The first-order chi connectivity index (χ1) is 12.8. The molecule has 142 valence electrons. The third-order valence-electron chi connectivity index (χ3n) is 4.90. The maximum absolute atomic E-state index is 14.7. The first-order valence-corrected chi connectivity index (χ1v) is 10.9. The average Bonchev–Trinajstić information content (AvgIpc) is 2.63. The number of nitrogens with zero attached hydrogens (tertiary/aromatic N) is 2. The third kappa shape index (κ3) is 3.61. The molecule has 2 heterocycles. The average molecular weight is 452 g/mol. The van der Waals surface area contributed by atoms with E-state index in [9.17, 15) is 12.8 Å². The molecule has 0 radical (unpaired) electrons. The van der Waals surface area contributed by atoms with Crippen molar-refractivity contribution >= 4 is 42.8 Å². The number of rotatable bonds is 2. The molecule has 0 atom stereocenters. The summed E-state index contributed by atoms with van der Waals surface area (Å²) >= 11 is 3.37. The zero-order chi connectivity index (χ0) is 19.2. The highest BCUT2D eigenvalue weighted by Crippen LogP contribution is 2.37. The fraction of sp³-hybridized carbons (Fsp3) is 0.263. The highest BCUT2D eigenvalue weighted by Gasteiger charge is 2.28. The maximum atomic E-state index is 14.7. The van der Waals surface area contributed by atoms with Gasteiger partial charge in [-0.2, -0.15) is 0 Å². The summed E-state index contributed by atoms with van der Waals surface area (Å²) in [5.41, 5.74) is 2.07. The fourth-order valence-electron chi connectivity index (χ4n) is 3.33. The molecule has 2 aliphatic heterocycles. The minimum atomic E-state index is -3.73. The predicted octanol–water partition coefficient (Wildman–Crippen LogP) is 3.54. The molecule has 0 aromatic heterocycles. The van der Waals surface area contributed by atoms with Crippen molar-refractivity contribution < 1.29 is 12.8 Å². The second-order valence-corrected chi connectivity index (χ2v) is 9.48. The molecule has 2 aromatic carbocycles. The van der Waals surface area contributed by atoms with E-state index in [4.69, 9.17) is 0 Å². The minimum absolute atomic E-state index is 0.0289. The summed E-state index contributed by atoms with van der Waals surface area (Å²) in [5, 5.41) is 4.33. The van der Waals surface area contributed by atoms with Gasteiger partial charge in [0.25, 0.3) is 0 Å². The Kier molecular flexibility index (Phi) is 4.73.